The van der Waals surface area contributed by atoms with E-state index in [1.165, 1.54) is 0 Å². The molecular weight excluding hydrogens is 283 g/mol. The van der Waals surface area contributed by atoms with Gasteiger partial charge in [-0.25, -0.2) is 0 Å². The first-order valence-electron chi connectivity index (χ1n) is 6.44. The molecule has 0 bridgehead atoms. The Bertz CT molecular complexity index is 471. The van der Waals surface area contributed by atoms with Gasteiger partial charge in [0, 0.05) is 12.5 Å². The number of amides is 1. The topological polar surface area (TPSA) is 41.1 Å². The van der Waals surface area contributed by atoms with E-state index < -0.39 is 0 Å². The predicted octanol–water partition coefficient (Wildman–Crippen LogP) is 2.79. The van der Waals surface area contributed by atoms with Gasteiger partial charge in [-0.1, -0.05) is 29.3 Å². The van der Waals surface area contributed by atoms with Crippen molar-refractivity contribution < 1.29 is 4.79 Å². The highest BCUT2D eigenvalue weighted by Gasteiger charge is 2.32. The molecule has 1 amide bonds. The minimum atomic E-state index is -0.172. The van der Waals surface area contributed by atoms with Gasteiger partial charge < -0.3 is 10.6 Å². The van der Waals surface area contributed by atoms with Crippen LogP contribution in [0, 0.1) is 0 Å². The fraction of sp³-hybridized carbons (Fsp3) is 0.500. The van der Waals surface area contributed by atoms with Crippen LogP contribution in [-0.2, 0) is 11.2 Å². The summed E-state index contributed by atoms with van der Waals surface area (Å²) < 4.78 is 0. The van der Waals surface area contributed by atoms with Crippen LogP contribution in [0.3, 0.4) is 0 Å². The summed E-state index contributed by atoms with van der Waals surface area (Å²) in [6, 6.07) is 5.66. The van der Waals surface area contributed by atoms with Gasteiger partial charge >= 0.3 is 0 Å². The molecule has 1 aliphatic rings. The Hall–Kier alpha value is -0.770. The Morgan fingerprint density at radius 2 is 2.00 bits per heavy atom. The third-order valence-corrected chi connectivity index (χ3v) is 4.27. The second kappa shape index (κ2) is 6.12. The van der Waals surface area contributed by atoms with Gasteiger partial charge in [-0.3, -0.25) is 4.79 Å². The van der Waals surface area contributed by atoms with Gasteiger partial charge in [-0.15, -0.1) is 0 Å². The third kappa shape index (κ3) is 3.85. The molecular formula is C14H18Cl2N2O. The molecule has 1 aromatic rings. The standard InChI is InChI=1S/C14H18Cl2N2O/c1-10(19)18-14(4-6-17-7-5-14)9-11-2-3-12(15)13(16)8-11/h2-3,8,17H,4-7,9H2,1H3,(H,18,19). The van der Waals surface area contributed by atoms with E-state index in [1.807, 2.05) is 18.2 Å². The van der Waals surface area contributed by atoms with Crippen LogP contribution in [0.5, 0.6) is 0 Å². The molecule has 0 aliphatic carbocycles. The lowest BCUT2D eigenvalue weighted by Crippen LogP contribution is -2.55. The van der Waals surface area contributed by atoms with Gasteiger partial charge in [0.1, 0.15) is 0 Å². The SMILES string of the molecule is CC(=O)NC1(Cc2ccc(Cl)c(Cl)c2)CCNCC1. The van der Waals surface area contributed by atoms with Crippen LogP contribution in [0.25, 0.3) is 0 Å². The van der Waals surface area contributed by atoms with E-state index in [2.05, 4.69) is 10.6 Å². The summed E-state index contributed by atoms with van der Waals surface area (Å²) in [5.41, 5.74) is 0.930. The number of halogens is 2. The summed E-state index contributed by atoms with van der Waals surface area (Å²) in [5, 5.41) is 7.56. The van der Waals surface area contributed by atoms with E-state index >= 15 is 0 Å². The number of hydrogen-bond donors (Lipinski definition) is 2. The lowest BCUT2D eigenvalue weighted by Gasteiger charge is -2.38. The van der Waals surface area contributed by atoms with Crippen LogP contribution in [0.4, 0.5) is 0 Å². The lowest BCUT2D eigenvalue weighted by atomic mass is 9.82. The molecule has 2 rings (SSSR count). The molecule has 5 heteroatoms. The van der Waals surface area contributed by atoms with Crippen molar-refractivity contribution in [2.24, 2.45) is 0 Å². The fourth-order valence-corrected chi connectivity index (χ4v) is 2.99. The van der Waals surface area contributed by atoms with E-state index in [0.29, 0.717) is 10.0 Å². The molecule has 0 radical (unpaired) electrons. The van der Waals surface area contributed by atoms with Gasteiger partial charge in [0.05, 0.1) is 10.0 Å². The maximum absolute atomic E-state index is 11.4. The van der Waals surface area contributed by atoms with Crippen LogP contribution >= 0.6 is 23.2 Å². The molecule has 19 heavy (non-hydrogen) atoms. The van der Waals surface area contributed by atoms with Crippen LogP contribution < -0.4 is 10.6 Å². The second-order valence-corrected chi connectivity index (χ2v) is 5.95. The highest BCUT2D eigenvalue weighted by Crippen LogP contribution is 2.28. The Balaban J connectivity index is 2.19. The molecule has 1 heterocycles. The maximum atomic E-state index is 11.4. The van der Waals surface area contributed by atoms with Crippen molar-refractivity contribution in [3.63, 3.8) is 0 Å². The highest BCUT2D eigenvalue weighted by molar-refractivity contribution is 6.42. The number of hydrogen-bond acceptors (Lipinski definition) is 2. The van der Waals surface area contributed by atoms with Gasteiger partial charge in [-0.05, 0) is 50.0 Å². The summed E-state index contributed by atoms with van der Waals surface area (Å²) >= 11 is 12.0. The molecule has 1 fully saturated rings. The first-order chi connectivity index (χ1) is 9.01. The van der Waals surface area contributed by atoms with Crippen molar-refractivity contribution in [3.8, 4) is 0 Å². The van der Waals surface area contributed by atoms with Crippen LogP contribution in [-0.4, -0.2) is 24.5 Å². The highest BCUT2D eigenvalue weighted by atomic mass is 35.5. The molecule has 0 spiro atoms. The Morgan fingerprint density at radius 1 is 1.32 bits per heavy atom. The van der Waals surface area contributed by atoms with Crippen LogP contribution in [0.2, 0.25) is 10.0 Å². The minimum absolute atomic E-state index is 0.0157. The van der Waals surface area contributed by atoms with E-state index in [1.54, 1.807) is 6.92 Å². The number of benzene rings is 1. The number of rotatable bonds is 3. The molecule has 0 aromatic heterocycles. The molecule has 3 nitrogen and oxygen atoms in total. The molecule has 1 aliphatic heterocycles. The minimum Gasteiger partial charge on any atom is -0.350 e. The number of carbonyl (C=O) groups excluding carboxylic acids is 1. The Morgan fingerprint density at radius 3 is 2.58 bits per heavy atom. The van der Waals surface area contributed by atoms with Crippen LogP contribution in [0.1, 0.15) is 25.3 Å². The maximum Gasteiger partial charge on any atom is 0.217 e. The van der Waals surface area contributed by atoms with E-state index in [4.69, 9.17) is 23.2 Å². The first kappa shape index (κ1) is 14.6. The molecule has 0 unspecified atom stereocenters. The van der Waals surface area contributed by atoms with Crippen molar-refractivity contribution in [2.45, 2.75) is 31.7 Å². The molecule has 0 saturated carbocycles. The zero-order chi connectivity index (χ0) is 13.9. The Kier molecular flexibility index (Phi) is 4.71. The summed E-state index contributed by atoms with van der Waals surface area (Å²) in [7, 11) is 0. The first-order valence-corrected chi connectivity index (χ1v) is 7.20. The van der Waals surface area contributed by atoms with Crippen molar-refractivity contribution in [1.29, 1.82) is 0 Å². The van der Waals surface area contributed by atoms with Gasteiger partial charge in [0.15, 0.2) is 0 Å². The molecule has 1 aromatic carbocycles. The summed E-state index contributed by atoms with van der Waals surface area (Å²) in [6.45, 7) is 3.40. The number of nitrogens with one attached hydrogen (secondary N) is 2. The van der Waals surface area contributed by atoms with E-state index in [9.17, 15) is 4.79 Å². The second-order valence-electron chi connectivity index (χ2n) is 5.14. The predicted molar refractivity (Wildman–Crippen MR) is 78.8 cm³/mol. The zero-order valence-electron chi connectivity index (χ0n) is 10.9. The van der Waals surface area contributed by atoms with Crippen molar-refractivity contribution in [1.82, 2.24) is 10.6 Å². The Labute approximate surface area is 123 Å². The summed E-state index contributed by atoms with van der Waals surface area (Å²) in [4.78, 5) is 11.4. The van der Waals surface area contributed by atoms with Crippen molar-refractivity contribution in [3.05, 3.63) is 33.8 Å². The van der Waals surface area contributed by atoms with Crippen LogP contribution in [0.15, 0.2) is 18.2 Å². The lowest BCUT2D eigenvalue weighted by molar-refractivity contribution is -0.121. The average Bonchev–Trinajstić information content (AvgIpc) is 2.34. The van der Waals surface area contributed by atoms with Gasteiger partial charge in [0.25, 0.3) is 0 Å². The third-order valence-electron chi connectivity index (χ3n) is 3.53. The molecule has 0 atom stereocenters. The summed E-state index contributed by atoms with van der Waals surface area (Å²) in [5.74, 6) is 0.0157. The van der Waals surface area contributed by atoms with Gasteiger partial charge in [-0.2, -0.15) is 0 Å². The smallest absolute Gasteiger partial charge is 0.217 e. The van der Waals surface area contributed by atoms with E-state index in [0.717, 1.165) is 37.9 Å². The van der Waals surface area contributed by atoms with Crippen molar-refractivity contribution in [2.75, 3.05) is 13.1 Å². The average molecular weight is 301 g/mol. The van der Waals surface area contributed by atoms with Crippen molar-refractivity contribution >= 4 is 29.1 Å². The molecule has 104 valence electrons. The summed E-state index contributed by atoms with van der Waals surface area (Å²) in [6.07, 6.45) is 2.63. The largest absolute Gasteiger partial charge is 0.350 e. The monoisotopic (exact) mass is 300 g/mol. The molecule has 1 saturated heterocycles. The molecule has 2 N–H and O–H groups in total. The normalized spacial score (nSPS) is 18.1. The zero-order valence-corrected chi connectivity index (χ0v) is 12.4. The number of piperidine rings is 1. The fourth-order valence-electron chi connectivity index (χ4n) is 2.67. The van der Waals surface area contributed by atoms with E-state index in [-0.39, 0.29) is 11.4 Å². The number of carbonyl (C=O) groups is 1. The quantitative estimate of drug-likeness (QED) is 0.901. The van der Waals surface area contributed by atoms with Gasteiger partial charge in [0.2, 0.25) is 5.91 Å².